The SMILES string of the molecule is Cc1ccc(-c2cccc3c2sc2ccccc23)cn1.Cc1ccc(-c2cccc3c2sc2ccccc23)nc1.Cc1ccc([Si](c2ccccc2)(c2ccccc2)c2ccccc2)cc1.Cc1cccc([Si](c2ccccc2)(c2ccccc2)c2ccccc2)c1.Cc1cccc2c1oc1c(-c3ccccn3)cccc12. The fraction of sp³-hybridized carbons (Fsp3) is 0.0481. The minimum Gasteiger partial charge on any atom is -0.455 e. The number of hydrogen-bond donors (Lipinski definition) is 0. The Morgan fingerprint density at radius 2 is 0.652 bits per heavy atom. The molecule has 14 aromatic carbocycles. The molecule has 0 saturated heterocycles. The van der Waals surface area contributed by atoms with Crippen LogP contribution in [0.25, 0.3) is 95.9 Å². The van der Waals surface area contributed by atoms with E-state index in [1.165, 1.54) is 115 Å². The molecule has 6 heterocycles. The largest absolute Gasteiger partial charge is 0.455 e. The minimum absolute atomic E-state index is 0.913. The maximum atomic E-state index is 6.13. The summed E-state index contributed by atoms with van der Waals surface area (Å²) >= 11 is 3.71. The highest BCUT2D eigenvalue weighted by Gasteiger charge is 2.42. The Labute approximate surface area is 666 Å². The van der Waals surface area contributed by atoms with E-state index in [0.29, 0.717) is 0 Å². The quantitative estimate of drug-likeness (QED) is 0.0957. The summed E-state index contributed by atoms with van der Waals surface area (Å²) in [6, 6.07) is 141. The van der Waals surface area contributed by atoms with Gasteiger partial charge < -0.3 is 4.42 Å². The first kappa shape index (κ1) is 73.4. The molecule has 8 heteroatoms. The van der Waals surface area contributed by atoms with Crippen molar-refractivity contribution < 1.29 is 4.42 Å². The average Bonchev–Trinajstić information content (AvgIpc) is 1.24. The lowest BCUT2D eigenvalue weighted by Gasteiger charge is -2.34. The topological polar surface area (TPSA) is 51.8 Å². The van der Waals surface area contributed by atoms with Gasteiger partial charge in [-0.05, 0) is 130 Å². The van der Waals surface area contributed by atoms with Crippen LogP contribution >= 0.6 is 22.7 Å². The van der Waals surface area contributed by atoms with Gasteiger partial charge in [0.2, 0.25) is 0 Å². The molecule has 20 aromatic rings. The Balaban J connectivity index is 0.000000106. The predicted octanol–water partition coefficient (Wildman–Crippen LogP) is 22.6. The second kappa shape index (κ2) is 33.6. The van der Waals surface area contributed by atoms with E-state index in [4.69, 9.17) is 4.42 Å². The Hall–Kier alpha value is -12.8. The van der Waals surface area contributed by atoms with E-state index < -0.39 is 16.1 Å². The van der Waals surface area contributed by atoms with E-state index in [9.17, 15) is 0 Å². The summed E-state index contributed by atoms with van der Waals surface area (Å²) in [5.41, 5.74) is 14.6. The zero-order valence-electron chi connectivity index (χ0n) is 63.3. The van der Waals surface area contributed by atoms with Crippen LogP contribution in [0.5, 0.6) is 0 Å². The molecule has 112 heavy (non-hydrogen) atoms. The Morgan fingerprint density at radius 1 is 0.250 bits per heavy atom. The number of rotatable bonds is 11. The van der Waals surface area contributed by atoms with Gasteiger partial charge in [-0.25, -0.2) is 0 Å². The van der Waals surface area contributed by atoms with Crippen molar-refractivity contribution in [1.82, 2.24) is 15.0 Å². The summed E-state index contributed by atoms with van der Waals surface area (Å²) in [4.78, 5) is 13.4. The molecule has 0 saturated carbocycles. The van der Waals surface area contributed by atoms with Crippen molar-refractivity contribution in [2.75, 3.05) is 0 Å². The number of aryl methyl sites for hydroxylation is 5. The Morgan fingerprint density at radius 3 is 1.13 bits per heavy atom. The number of para-hydroxylation sites is 2. The van der Waals surface area contributed by atoms with Crippen molar-refractivity contribution in [3.8, 4) is 33.6 Å². The van der Waals surface area contributed by atoms with Crippen molar-refractivity contribution in [2.45, 2.75) is 34.6 Å². The zero-order valence-corrected chi connectivity index (χ0v) is 67.0. The highest BCUT2D eigenvalue weighted by molar-refractivity contribution is 7.27. The van der Waals surface area contributed by atoms with Crippen LogP contribution in [0, 0.1) is 34.6 Å². The van der Waals surface area contributed by atoms with E-state index >= 15 is 0 Å². The van der Waals surface area contributed by atoms with Crippen molar-refractivity contribution in [3.05, 3.63) is 441 Å². The molecule has 0 radical (unpaired) electrons. The second-order valence-corrected chi connectivity index (χ2v) is 38.1. The monoisotopic (exact) mass is 1510 g/mol. The number of thiophene rings is 2. The lowest BCUT2D eigenvalue weighted by Crippen LogP contribution is -2.74. The van der Waals surface area contributed by atoms with E-state index in [2.05, 4.69) is 419 Å². The molecular formula is C104H83N3OS2Si2. The van der Waals surface area contributed by atoms with Gasteiger partial charge in [0, 0.05) is 97.7 Å². The lowest BCUT2D eigenvalue weighted by atomic mass is 10.0. The first-order chi connectivity index (χ1) is 55.1. The van der Waals surface area contributed by atoms with Crippen LogP contribution in [0.4, 0.5) is 0 Å². The maximum absolute atomic E-state index is 6.13. The molecule has 0 atom stereocenters. The summed E-state index contributed by atoms with van der Waals surface area (Å²) in [6.45, 7) is 10.5. The van der Waals surface area contributed by atoms with Crippen LogP contribution in [0.2, 0.25) is 0 Å². The molecule has 0 aliphatic carbocycles. The van der Waals surface area contributed by atoms with E-state index in [0.717, 1.165) is 50.1 Å². The molecule has 0 bridgehead atoms. The van der Waals surface area contributed by atoms with E-state index in [1.807, 2.05) is 66.4 Å². The molecule has 0 fully saturated rings. The standard InChI is InChI=1S/2C25H22Si.C18H13NO.2C18H13NS/c1-21-12-11-19-25(20-21)26(22-13-5-2-6-14-22,23-15-7-3-8-16-23)24-17-9-4-10-18-24;1-21-17-19-25(20-18-21)26(22-11-5-2-6-12-22,23-13-7-3-8-14-23)24-15-9-4-10-16-24;1-12-6-4-7-13-14-8-5-9-15(18(14)20-17(12)13)16-10-2-3-11-19-16;1-12-9-10-13(11-19-12)14-6-4-7-16-15-5-2-3-8-17(15)20-18(14)16;1-12-9-10-16(19-11-12)15-7-4-6-14-13-5-2-3-8-17(13)20-18(14)15/h2*2-20H,1H3;3*2-11H,1H3. The summed E-state index contributed by atoms with van der Waals surface area (Å²) < 4.78 is 11.5. The number of nitrogens with zero attached hydrogens (tertiary/aromatic N) is 3. The maximum Gasteiger partial charge on any atom is 0.179 e. The molecule has 0 spiro atoms. The van der Waals surface area contributed by atoms with E-state index in [1.54, 1.807) is 0 Å². The number of aromatic nitrogens is 3. The number of benzene rings is 14. The normalized spacial score (nSPS) is 11.3. The average molecular weight is 1510 g/mol. The molecule has 6 aromatic heterocycles. The summed E-state index contributed by atoms with van der Waals surface area (Å²) in [7, 11) is -4.65. The fourth-order valence-corrected chi connectivity index (χ4v) is 27.7. The second-order valence-electron chi connectivity index (χ2n) is 28.4. The highest BCUT2D eigenvalue weighted by atomic mass is 32.1. The zero-order chi connectivity index (χ0) is 76.2. The summed E-state index contributed by atoms with van der Waals surface area (Å²) in [5, 5.41) is 19.0. The van der Waals surface area contributed by atoms with Crippen molar-refractivity contribution >= 4 is 143 Å². The molecule has 0 N–H and O–H groups in total. The summed E-state index contributed by atoms with van der Waals surface area (Å²) in [6.07, 6.45) is 5.71. The number of fused-ring (bicyclic) bond motifs is 9. The van der Waals surface area contributed by atoms with Crippen LogP contribution in [-0.4, -0.2) is 31.1 Å². The van der Waals surface area contributed by atoms with Crippen molar-refractivity contribution in [2.24, 2.45) is 0 Å². The number of furan rings is 1. The number of pyridine rings is 3. The highest BCUT2D eigenvalue weighted by Crippen LogP contribution is 2.42. The van der Waals surface area contributed by atoms with Gasteiger partial charge in [0.05, 0.1) is 11.4 Å². The molecule has 540 valence electrons. The molecule has 0 aliphatic heterocycles. The fourth-order valence-electron chi connectivity index (χ4n) is 15.7. The lowest BCUT2D eigenvalue weighted by molar-refractivity contribution is 0.666. The van der Waals surface area contributed by atoms with Gasteiger partial charge in [-0.15, -0.1) is 22.7 Å². The molecule has 0 amide bonds. The van der Waals surface area contributed by atoms with Gasteiger partial charge in [-0.3, -0.25) is 15.0 Å². The smallest absolute Gasteiger partial charge is 0.179 e. The van der Waals surface area contributed by atoms with Gasteiger partial charge in [-0.2, -0.15) is 0 Å². The van der Waals surface area contributed by atoms with Crippen LogP contribution < -0.4 is 41.5 Å². The van der Waals surface area contributed by atoms with E-state index in [-0.39, 0.29) is 0 Å². The molecular weight excluding hydrogens is 1430 g/mol. The summed E-state index contributed by atoms with van der Waals surface area (Å²) in [5.74, 6) is 0. The van der Waals surface area contributed by atoms with Gasteiger partial charge in [-0.1, -0.05) is 363 Å². The molecule has 0 unspecified atom stereocenters. The number of hydrogen-bond acceptors (Lipinski definition) is 6. The Bertz CT molecular complexity index is 6170. The minimum atomic E-state index is -2.33. The van der Waals surface area contributed by atoms with Crippen molar-refractivity contribution in [1.29, 1.82) is 0 Å². The molecule has 20 rings (SSSR count). The third-order valence-corrected chi connectivity index (χ3v) is 33.1. The molecule has 4 nitrogen and oxygen atoms in total. The van der Waals surface area contributed by atoms with Crippen molar-refractivity contribution in [3.63, 3.8) is 0 Å². The van der Waals surface area contributed by atoms with Crippen LogP contribution in [-0.2, 0) is 0 Å². The third-order valence-electron chi connectivity index (χ3n) is 21.1. The van der Waals surface area contributed by atoms with Gasteiger partial charge in [0.25, 0.3) is 0 Å². The van der Waals surface area contributed by atoms with Gasteiger partial charge in [0.1, 0.15) is 11.2 Å². The predicted molar refractivity (Wildman–Crippen MR) is 486 cm³/mol. The van der Waals surface area contributed by atoms with Crippen LogP contribution in [0.1, 0.15) is 27.9 Å². The third kappa shape index (κ3) is 15.0. The first-order valence-corrected chi connectivity index (χ1v) is 43.7. The van der Waals surface area contributed by atoms with Crippen LogP contribution in [0.15, 0.2) is 417 Å². The Kier molecular flexibility index (Phi) is 22.0. The van der Waals surface area contributed by atoms with Gasteiger partial charge >= 0.3 is 0 Å². The first-order valence-electron chi connectivity index (χ1n) is 38.1. The van der Waals surface area contributed by atoms with Crippen LogP contribution in [0.3, 0.4) is 0 Å². The van der Waals surface area contributed by atoms with Gasteiger partial charge in [0.15, 0.2) is 16.1 Å². The molecule has 0 aliphatic rings.